The van der Waals surface area contributed by atoms with Gasteiger partial charge in [0.05, 0.1) is 6.04 Å². The third kappa shape index (κ3) is 1.08. The molecule has 13 heavy (non-hydrogen) atoms. The number of hydrogen-bond acceptors (Lipinski definition) is 2. The molecule has 0 saturated heterocycles. The van der Waals surface area contributed by atoms with Crippen molar-refractivity contribution < 1.29 is 0 Å². The molecule has 0 N–H and O–H groups in total. The van der Waals surface area contributed by atoms with Gasteiger partial charge in [-0.25, -0.2) is 0 Å². The smallest absolute Gasteiger partial charge is 0.0628 e. The van der Waals surface area contributed by atoms with E-state index < -0.39 is 0 Å². The summed E-state index contributed by atoms with van der Waals surface area (Å²) in [4.78, 5) is 9.28. The topological polar surface area (TPSA) is 24.7 Å². The molecule has 0 aromatic heterocycles. The molecule has 0 saturated carbocycles. The normalized spacial score (nSPS) is 41.2. The first-order chi connectivity index (χ1) is 6.45. The largest absolute Gasteiger partial charge is 0.293 e. The van der Waals surface area contributed by atoms with Gasteiger partial charge in [0.25, 0.3) is 0 Å². The highest BCUT2D eigenvalue weighted by molar-refractivity contribution is 5.91. The SMILES string of the molecule is C1=CCC2C(=NCC3CC=NC32)C1. The number of fused-ring (bicyclic) bond motifs is 3. The molecule has 0 radical (unpaired) electrons. The number of nitrogens with zero attached hydrogens (tertiary/aromatic N) is 2. The molecule has 2 heteroatoms. The van der Waals surface area contributed by atoms with Crippen molar-refractivity contribution in [1.29, 1.82) is 0 Å². The maximum Gasteiger partial charge on any atom is 0.0628 e. The zero-order valence-corrected chi connectivity index (χ0v) is 7.69. The molecule has 0 bridgehead atoms. The molecule has 0 aromatic carbocycles. The van der Waals surface area contributed by atoms with Gasteiger partial charge in [-0.05, 0) is 19.1 Å². The van der Waals surface area contributed by atoms with Crippen molar-refractivity contribution in [3.63, 3.8) is 0 Å². The van der Waals surface area contributed by atoms with Crippen molar-refractivity contribution in [1.82, 2.24) is 0 Å². The molecular weight excluding hydrogens is 160 g/mol. The van der Waals surface area contributed by atoms with E-state index in [-0.39, 0.29) is 0 Å². The number of allylic oxidation sites excluding steroid dienone is 2. The molecule has 0 spiro atoms. The zero-order valence-electron chi connectivity index (χ0n) is 7.69. The third-order valence-electron chi connectivity index (χ3n) is 3.42. The summed E-state index contributed by atoms with van der Waals surface area (Å²) in [5.74, 6) is 1.36. The van der Waals surface area contributed by atoms with Gasteiger partial charge in [-0.1, -0.05) is 12.2 Å². The van der Waals surface area contributed by atoms with Crippen LogP contribution in [0, 0.1) is 11.8 Å². The lowest BCUT2D eigenvalue weighted by Crippen LogP contribution is -2.37. The molecule has 0 amide bonds. The predicted molar refractivity (Wildman–Crippen MR) is 54.6 cm³/mol. The Hall–Kier alpha value is -0.920. The minimum Gasteiger partial charge on any atom is -0.293 e. The van der Waals surface area contributed by atoms with Crippen LogP contribution in [0.2, 0.25) is 0 Å². The minimum atomic E-state index is 0.567. The van der Waals surface area contributed by atoms with Crippen molar-refractivity contribution in [2.75, 3.05) is 6.54 Å². The van der Waals surface area contributed by atoms with Crippen LogP contribution in [0.4, 0.5) is 0 Å². The Morgan fingerprint density at radius 3 is 3.23 bits per heavy atom. The van der Waals surface area contributed by atoms with E-state index in [1.165, 1.54) is 5.71 Å². The van der Waals surface area contributed by atoms with Gasteiger partial charge in [-0.3, -0.25) is 9.98 Å². The molecule has 3 aliphatic rings. The quantitative estimate of drug-likeness (QED) is 0.501. The van der Waals surface area contributed by atoms with E-state index in [1.807, 2.05) is 0 Å². The lowest BCUT2D eigenvalue weighted by Gasteiger charge is -2.33. The predicted octanol–water partition coefficient (Wildman–Crippen LogP) is 1.87. The van der Waals surface area contributed by atoms with Crippen molar-refractivity contribution in [3.05, 3.63) is 12.2 Å². The van der Waals surface area contributed by atoms with Gasteiger partial charge in [0.15, 0.2) is 0 Å². The Kier molecular flexibility index (Phi) is 1.61. The van der Waals surface area contributed by atoms with Crippen LogP contribution in [0.5, 0.6) is 0 Å². The summed E-state index contributed by atoms with van der Waals surface area (Å²) in [7, 11) is 0. The van der Waals surface area contributed by atoms with Crippen molar-refractivity contribution in [2.45, 2.75) is 25.3 Å². The van der Waals surface area contributed by atoms with Gasteiger partial charge in [0.2, 0.25) is 0 Å². The maximum absolute atomic E-state index is 4.68. The minimum absolute atomic E-state index is 0.567. The fraction of sp³-hybridized carbons (Fsp3) is 0.636. The summed E-state index contributed by atoms with van der Waals surface area (Å²) >= 11 is 0. The Labute approximate surface area is 78.5 Å². The Morgan fingerprint density at radius 2 is 2.23 bits per heavy atom. The molecule has 0 fully saturated rings. The molecule has 3 rings (SSSR count). The van der Waals surface area contributed by atoms with Gasteiger partial charge in [0, 0.05) is 30.5 Å². The number of hydrogen-bond donors (Lipinski definition) is 0. The van der Waals surface area contributed by atoms with Crippen LogP contribution < -0.4 is 0 Å². The summed E-state index contributed by atoms with van der Waals surface area (Å²) in [6.07, 6.45) is 10.0. The van der Waals surface area contributed by atoms with E-state index in [0.717, 1.165) is 31.7 Å². The summed E-state index contributed by atoms with van der Waals surface area (Å²) < 4.78 is 0. The molecule has 3 unspecified atom stereocenters. The fourth-order valence-electron chi connectivity index (χ4n) is 2.68. The first-order valence-electron chi connectivity index (χ1n) is 5.15. The van der Waals surface area contributed by atoms with Gasteiger partial charge in [-0.15, -0.1) is 0 Å². The molecule has 68 valence electrons. The van der Waals surface area contributed by atoms with Gasteiger partial charge >= 0.3 is 0 Å². The second-order valence-electron chi connectivity index (χ2n) is 4.17. The second kappa shape index (κ2) is 2.79. The Morgan fingerprint density at radius 1 is 1.23 bits per heavy atom. The van der Waals surface area contributed by atoms with E-state index in [1.54, 1.807) is 0 Å². The molecular formula is C11H14N2. The first kappa shape index (κ1) is 7.48. The number of rotatable bonds is 0. The van der Waals surface area contributed by atoms with Crippen molar-refractivity contribution >= 4 is 11.9 Å². The van der Waals surface area contributed by atoms with Gasteiger partial charge in [0.1, 0.15) is 0 Å². The maximum atomic E-state index is 4.68. The average molecular weight is 174 g/mol. The summed E-state index contributed by atoms with van der Waals surface area (Å²) in [5.41, 5.74) is 1.41. The van der Waals surface area contributed by atoms with Crippen LogP contribution in [0.15, 0.2) is 22.1 Å². The van der Waals surface area contributed by atoms with E-state index >= 15 is 0 Å². The molecule has 2 heterocycles. The molecule has 2 aliphatic heterocycles. The monoisotopic (exact) mass is 174 g/mol. The van der Waals surface area contributed by atoms with Gasteiger partial charge in [-0.2, -0.15) is 0 Å². The second-order valence-corrected chi connectivity index (χ2v) is 4.17. The summed E-state index contributed by atoms with van der Waals surface area (Å²) in [6.45, 7) is 1.02. The highest BCUT2D eigenvalue weighted by Gasteiger charge is 2.37. The van der Waals surface area contributed by atoms with Crippen LogP contribution in [0.25, 0.3) is 0 Å². The van der Waals surface area contributed by atoms with Crippen LogP contribution in [0.1, 0.15) is 19.3 Å². The summed E-state index contributed by atoms with van der Waals surface area (Å²) in [6, 6.07) is 0.567. The highest BCUT2D eigenvalue weighted by atomic mass is 14.9. The van der Waals surface area contributed by atoms with E-state index in [4.69, 9.17) is 0 Å². The lowest BCUT2D eigenvalue weighted by molar-refractivity contribution is 0.379. The molecule has 1 aliphatic carbocycles. The number of aliphatic imine (C=N–C) groups is 2. The summed E-state index contributed by atoms with van der Waals surface area (Å²) in [5, 5.41) is 0. The Balaban J connectivity index is 1.94. The third-order valence-corrected chi connectivity index (χ3v) is 3.42. The first-order valence-corrected chi connectivity index (χ1v) is 5.15. The Bertz CT molecular complexity index is 301. The standard InChI is InChI=1S/C11H14N2/c1-2-4-10-9(3-1)11-8(7-13-10)5-6-12-11/h1-2,6,8-9,11H,3-5,7H2. The van der Waals surface area contributed by atoms with Gasteiger partial charge < -0.3 is 0 Å². The lowest BCUT2D eigenvalue weighted by atomic mass is 9.78. The zero-order chi connectivity index (χ0) is 8.67. The van der Waals surface area contributed by atoms with Crippen LogP contribution >= 0.6 is 0 Å². The van der Waals surface area contributed by atoms with E-state index in [2.05, 4.69) is 28.4 Å². The van der Waals surface area contributed by atoms with Crippen molar-refractivity contribution in [3.8, 4) is 0 Å². The van der Waals surface area contributed by atoms with E-state index in [9.17, 15) is 0 Å². The van der Waals surface area contributed by atoms with Crippen LogP contribution in [-0.4, -0.2) is 24.5 Å². The van der Waals surface area contributed by atoms with Crippen LogP contribution in [-0.2, 0) is 0 Å². The fourth-order valence-corrected chi connectivity index (χ4v) is 2.68. The molecule has 2 nitrogen and oxygen atoms in total. The average Bonchev–Trinajstić information content (AvgIpc) is 2.65. The van der Waals surface area contributed by atoms with Crippen LogP contribution in [0.3, 0.4) is 0 Å². The highest BCUT2D eigenvalue weighted by Crippen LogP contribution is 2.34. The van der Waals surface area contributed by atoms with Crippen molar-refractivity contribution in [2.24, 2.45) is 21.8 Å². The molecule has 3 atom stereocenters. The van der Waals surface area contributed by atoms with E-state index in [0.29, 0.717) is 12.0 Å². The molecule has 0 aromatic rings.